The van der Waals surface area contributed by atoms with E-state index in [-0.39, 0.29) is 5.25 Å². The largest absolute Gasteiger partial charge is 0.229 e. The summed E-state index contributed by atoms with van der Waals surface area (Å²) in [6.07, 6.45) is 0.936. The van der Waals surface area contributed by atoms with Gasteiger partial charge in [-0.15, -0.1) is 0 Å². The van der Waals surface area contributed by atoms with Gasteiger partial charge in [-0.2, -0.15) is 0 Å². The van der Waals surface area contributed by atoms with Gasteiger partial charge in [-0.05, 0) is 19.8 Å². The van der Waals surface area contributed by atoms with E-state index in [1.165, 1.54) is 0 Å². The van der Waals surface area contributed by atoms with Crippen molar-refractivity contribution in [1.82, 2.24) is 0 Å². The molecule has 0 saturated carbocycles. The maximum Gasteiger partial charge on any atom is 0.152 e. The van der Waals surface area contributed by atoms with Crippen LogP contribution < -0.4 is 0 Å². The summed E-state index contributed by atoms with van der Waals surface area (Å²) in [6, 6.07) is 0. The third-order valence-electron chi connectivity index (χ3n) is 1.93. The first kappa shape index (κ1) is 11.0. The van der Waals surface area contributed by atoms with Crippen molar-refractivity contribution in [2.24, 2.45) is 5.92 Å². The van der Waals surface area contributed by atoms with E-state index in [1.54, 1.807) is 13.8 Å². The van der Waals surface area contributed by atoms with Crippen LogP contribution in [-0.4, -0.2) is 19.4 Å². The van der Waals surface area contributed by atoms with Crippen LogP contribution in [0.5, 0.6) is 0 Å². The van der Waals surface area contributed by atoms with Crippen LogP contribution >= 0.6 is 0 Å². The number of hydrogen-bond acceptors (Lipinski definition) is 2. The summed E-state index contributed by atoms with van der Waals surface area (Å²) < 4.78 is 22.6. The molecule has 68 valence electrons. The number of hydrogen-bond donors (Lipinski definition) is 0. The molecule has 3 heteroatoms. The molecule has 0 aliphatic heterocycles. The summed E-state index contributed by atoms with van der Waals surface area (Å²) in [7, 11) is -2.81. The summed E-state index contributed by atoms with van der Waals surface area (Å²) in [5.41, 5.74) is 0. The van der Waals surface area contributed by atoms with Crippen LogP contribution in [0.15, 0.2) is 0 Å². The lowest BCUT2D eigenvalue weighted by molar-refractivity contribution is 0.557. The van der Waals surface area contributed by atoms with Gasteiger partial charge >= 0.3 is 0 Å². The van der Waals surface area contributed by atoms with Gasteiger partial charge in [-0.25, -0.2) is 8.42 Å². The maximum atomic E-state index is 11.3. The fraction of sp³-hybridized carbons (Fsp3) is 1.00. The fourth-order valence-electron chi connectivity index (χ4n) is 0.707. The molecule has 0 aromatic heterocycles. The molecule has 0 aromatic rings. The molecule has 0 aliphatic carbocycles. The normalized spacial score (nSPS) is 15.4. The predicted octanol–water partition coefficient (Wildman–Crippen LogP) is 1.86. The predicted molar refractivity (Wildman–Crippen MR) is 48.4 cm³/mol. The highest BCUT2D eigenvalue weighted by atomic mass is 32.2. The van der Waals surface area contributed by atoms with Crippen molar-refractivity contribution in [2.75, 3.05) is 5.75 Å². The van der Waals surface area contributed by atoms with E-state index in [4.69, 9.17) is 0 Å². The molecule has 0 N–H and O–H groups in total. The monoisotopic (exact) mass is 178 g/mol. The average molecular weight is 178 g/mol. The summed E-state index contributed by atoms with van der Waals surface area (Å²) in [5.74, 6) is 0.628. The second-order valence-corrected chi connectivity index (χ2v) is 5.99. The summed E-state index contributed by atoms with van der Waals surface area (Å²) in [5, 5.41) is -0.225. The molecule has 1 atom stereocenters. The molecule has 1 unspecified atom stereocenters. The Balaban J connectivity index is 4.15. The Morgan fingerprint density at radius 3 is 1.91 bits per heavy atom. The summed E-state index contributed by atoms with van der Waals surface area (Å²) in [4.78, 5) is 0. The minimum atomic E-state index is -2.81. The van der Waals surface area contributed by atoms with Crippen LogP contribution in [0.1, 0.15) is 34.1 Å². The van der Waals surface area contributed by atoms with E-state index in [0.29, 0.717) is 11.7 Å². The highest BCUT2D eigenvalue weighted by molar-refractivity contribution is 7.91. The Morgan fingerprint density at radius 1 is 1.18 bits per heavy atom. The van der Waals surface area contributed by atoms with Gasteiger partial charge in [0.25, 0.3) is 0 Å². The van der Waals surface area contributed by atoms with E-state index in [1.807, 2.05) is 13.8 Å². The van der Waals surface area contributed by atoms with Gasteiger partial charge in [0.2, 0.25) is 0 Å². The van der Waals surface area contributed by atoms with E-state index in [2.05, 4.69) is 0 Å². The third kappa shape index (κ3) is 3.75. The molecular weight excluding hydrogens is 160 g/mol. The number of sulfone groups is 1. The van der Waals surface area contributed by atoms with Crippen LogP contribution in [0.25, 0.3) is 0 Å². The standard InChI is InChI=1S/C8H18O2S/c1-5-8(4)6-11(9,10)7(2)3/h7-8H,5-6H2,1-4H3. The van der Waals surface area contributed by atoms with Crippen LogP contribution in [0, 0.1) is 5.92 Å². The second kappa shape index (κ2) is 4.10. The molecule has 0 fully saturated rings. The van der Waals surface area contributed by atoms with Crippen molar-refractivity contribution >= 4 is 9.84 Å². The lowest BCUT2D eigenvalue weighted by atomic mass is 10.2. The van der Waals surface area contributed by atoms with Crippen molar-refractivity contribution in [2.45, 2.75) is 39.4 Å². The van der Waals surface area contributed by atoms with Crippen LogP contribution in [0.3, 0.4) is 0 Å². The average Bonchev–Trinajstić information content (AvgIpc) is 1.86. The zero-order chi connectivity index (χ0) is 9.07. The van der Waals surface area contributed by atoms with Crippen molar-refractivity contribution < 1.29 is 8.42 Å². The molecular formula is C8H18O2S. The maximum absolute atomic E-state index is 11.3. The number of rotatable bonds is 4. The minimum absolute atomic E-state index is 0.225. The van der Waals surface area contributed by atoms with Crippen LogP contribution in [0.2, 0.25) is 0 Å². The van der Waals surface area contributed by atoms with Crippen LogP contribution in [-0.2, 0) is 9.84 Å². The summed E-state index contributed by atoms with van der Waals surface area (Å²) in [6.45, 7) is 7.45. The van der Waals surface area contributed by atoms with E-state index < -0.39 is 9.84 Å². The van der Waals surface area contributed by atoms with Gasteiger partial charge < -0.3 is 0 Å². The first-order chi connectivity index (χ1) is 4.90. The topological polar surface area (TPSA) is 34.1 Å². The molecule has 11 heavy (non-hydrogen) atoms. The Morgan fingerprint density at radius 2 is 1.64 bits per heavy atom. The second-order valence-electron chi connectivity index (χ2n) is 3.39. The molecule has 2 nitrogen and oxygen atoms in total. The molecule has 0 heterocycles. The van der Waals surface area contributed by atoms with E-state index in [9.17, 15) is 8.42 Å². The minimum Gasteiger partial charge on any atom is -0.229 e. The van der Waals surface area contributed by atoms with E-state index in [0.717, 1.165) is 6.42 Å². The molecule has 0 bridgehead atoms. The lowest BCUT2D eigenvalue weighted by Gasteiger charge is -2.11. The van der Waals surface area contributed by atoms with Crippen molar-refractivity contribution in [3.8, 4) is 0 Å². The van der Waals surface area contributed by atoms with Gasteiger partial charge in [0, 0.05) is 0 Å². The Labute approximate surface area is 69.9 Å². The SMILES string of the molecule is CCC(C)CS(=O)(=O)C(C)C. The highest BCUT2D eigenvalue weighted by Gasteiger charge is 2.18. The third-order valence-corrected chi connectivity index (χ3v) is 4.40. The lowest BCUT2D eigenvalue weighted by Crippen LogP contribution is -2.21. The molecule has 0 amide bonds. The molecule has 0 aromatic carbocycles. The fourth-order valence-corrected chi connectivity index (χ4v) is 2.12. The molecule has 0 spiro atoms. The molecule has 0 rings (SSSR count). The van der Waals surface area contributed by atoms with Crippen LogP contribution in [0.4, 0.5) is 0 Å². The molecule has 0 aliphatic rings. The molecule has 0 saturated heterocycles. The quantitative estimate of drug-likeness (QED) is 0.658. The van der Waals surface area contributed by atoms with Gasteiger partial charge in [-0.3, -0.25) is 0 Å². The van der Waals surface area contributed by atoms with Gasteiger partial charge in [-0.1, -0.05) is 20.3 Å². The van der Waals surface area contributed by atoms with Crippen molar-refractivity contribution in [1.29, 1.82) is 0 Å². The van der Waals surface area contributed by atoms with Gasteiger partial charge in [0.1, 0.15) is 0 Å². The Hall–Kier alpha value is -0.0500. The molecule has 0 radical (unpaired) electrons. The zero-order valence-corrected chi connectivity index (χ0v) is 8.61. The van der Waals surface area contributed by atoms with Crippen molar-refractivity contribution in [3.63, 3.8) is 0 Å². The summed E-state index contributed by atoms with van der Waals surface area (Å²) >= 11 is 0. The van der Waals surface area contributed by atoms with Crippen molar-refractivity contribution in [3.05, 3.63) is 0 Å². The van der Waals surface area contributed by atoms with Gasteiger partial charge in [0.05, 0.1) is 11.0 Å². The Bertz CT molecular complexity index is 192. The van der Waals surface area contributed by atoms with Gasteiger partial charge in [0.15, 0.2) is 9.84 Å². The zero-order valence-electron chi connectivity index (χ0n) is 7.79. The Kier molecular flexibility index (Phi) is 4.08. The first-order valence-corrected chi connectivity index (χ1v) is 5.83. The smallest absolute Gasteiger partial charge is 0.152 e. The first-order valence-electron chi connectivity index (χ1n) is 4.11. The highest BCUT2D eigenvalue weighted by Crippen LogP contribution is 2.09. The van der Waals surface area contributed by atoms with E-state index >= 15 is 0 Å².